The van der Waals surface area contributed by atoms with Crippen molar-refractivity contribution in [3.8, 4) is 0 Å². The van der Waals surface area contributed by atoms with Gasteiger partial charge in [-0.3, -0.25) is 0 Å². The molecular formula is C14H19BrN2O. The number of hydrogen-bond acceptors (Lipinski definition) is 2. The van der Waals surface area contributed by atoms with Crippen LogP contribution < -0.4 is 0 Å². The zero-order valence-electron chi connectivity index (χ0n) is 11.1. The molecule has 0 unspecified atom stereocenters. The number of imidazole rings is 1. The van der Waals surface area contributed by atoms with Gasteiger partial charge in [0.25, 0.3) is 0 Å². The van der Waals surface area contributed by atoms with Crippen LogP contribution in [0.15, 0.2) is 22.9 Å². The molecule has 1 aliphatic rings. The van der Waals surface area contributed by atoms with Crippen molar-refractivity contribution in [1.29, 1.82) is 0 Å². The molecule has 0 bridgehead atoms. The summed E-state index contributed by atoms with van der Waals surface area (Å²) in [4.78, 5) is 4.45. The fraction of sp³-hybridized carbons (Fsp3) is 0.500. The van der Waals surface area contributed by atoms with Crippen molar-refractivity contribution in [3.05, 3.63) is 28.5 Å². The van der Waals surface area contributed by atoms with Gasteiger partial charge in [-0.25, -0.2) is 4.98 Å². The Hall–Kier alpha value is -0.870. The molecular weight excluding hydrogens is 292 g/mol. The van der Waals surface area contributed by atoms with Crippen LogP contribution in [0.3, 0.4) is 0 Å². The van der Waals surface area contributed by atoms with E-state index in [-0.39, 0.29) is 0 Å². The maximum Gasteiger partial charge on any atom is 0.103 e. The summed E-state index contributed by atoms with van der Waals surface area (Å²) in [5, 5.41) is 0. The molecule has 0 amide bonds. The summed E-state index contributed by atoms with van der Waals surface area (Å²) in [5.74, 6) is 0. The van der Waals surface area contributed by atoms with Gasteiger partial charge in [0, 0.05) is 11.1 Å². The van der Waals surface area contributed by atoms with E-state index in [1.165, 1.54) is 11.1 Å². The fourth-order valence-corrected chi connectivity index (χ4v) is 2.54. The van der Waals surface area contributed by atoms with Crippen LogP contribution in [-0.4, -0.2) is 22.3 Å². The highest BCUT2D eigenvalue weighted by molar-refractivity contribution is 9.10. The molecule has 98 valence electrons. The van der Waals surface area contributed by atoms with Gasteiger partial charge in [-0.15, -0.1) is 0 Å². The van der Waals surface area contributed by atoms with Gasteiger partial charge in [0.2, 0.25) is 0 Å². The van der Waals surface area contributed by atoms with E-state index in [0.717, 1.165) is 29.6 Å². The number of ether oxygens (including phenoxy) is 1. The molecule has 1 fully saturated rings. The Kier molecular flexibility index (Phi) is 4.40. The van der Waals surface area contributed by atoms with Crippen molar-refractivity contribution in [3.63, 3.8) is 0 Å². The van der Waals surface area contributed by atoms with Crippen LogP contribution in [0.2, 0.25) is 0 Å². The van der Waals surface area contributed by atoms with E-state index in [9.17, 15) is 0 Å². The van der Waals surface area contributed by atoms with Gasteiger partial charge in [0.15, 0.2) is 0 Å². The average molecular weight is 311 g/mol. The highest BCUT2D eigenvalue weighted by Crippen LogP contribution is 2.26. The lowest BCUT2D eigenvalue weighted by Crippen LogP contribution is -2.31. The molecule has 0 N–H and O–H groups in total. The molecule has 1 aliphatic heterocycles. The van der Waals surface area contributed by atoms with Crippen molar-refractivity contribution in [2.45, 2.75) is 39.8 Å². The number of halogens is 1. The Bertz CT molecular complexity index is 532. The Morgan fingerprint density at radius 3 is 2.78 bits per heavy atom. The quantitative estimate of drug-likeness (QED) is 0.840. The molecule has 3 rings (SSSR count). The molecule has 1 aromatic heterocycles. The fourth-order valence-electron chi connectivity index (χ4n) is 2.11. The first-order valence-electron chi connectivity index (χ1n) is 6.47. The normalized spacial score (nSPS) is 18.1. The van der Waals surface area contributed by atoms with Crippen LogP contribution in [-0.2, 0) is 11.3 Å². The number of aryl methyl sites for hydroxylation is 1. The van der Waals surface area contributed by atoms with Crippen molar-refractivity contribution in [1.82, 2.24) is 9.55 Å². The Balaban J connectivity index is 0.000000574. The van der Waals surface area contributed by atoms with E-state index in [1.54, 1.807) is 0 Å². The standard InChI is InChI=1S/C12H13BrN2O.C2H6/c1-8-2-3-10(13)11-12(8)15(7-14-11)6-9-4-5-16-9;1-2/h2-3,7,9H,4-6H2,1H3;1-2H3/t9-;/m1./s1. The number of hydrogen-bond donors (Lipinski definition) is 0. The third-order valence-electron chi connectivity index (χ3n) is 3.11. The summed E-state index contributed by atoms with van der Waals surface area (Å²) >= 11 is 3.53. The minimum absolute atomic E-state index is 0.371. The number of rotatable bonds is 2. The highest BCUT2D eigenvalue weighted by Gasteiger charge is 2.20. The maximum atomic E-state index is 5.46. The number of benzene rings is 1. The third kappa shape index (κ3) is 2.45. The van der Waals surface area contributed by atoms with Crippen LogP contribution in [0.5, 0.6) is 0 Å². The number of nitrogens with zero attached hydrogens (tertiary/aromatic N) is 2. The van der Waals surface area contributed by atoms with Gasteiger partial charge in [-0.2, -0.15) is 0 Å². The van der Waals surface area contributed by atoms with Gasteiger partial charge in [-0.1, -0.05) is 19.9 Å². The monoisotopic (exact) mass is 310 g/mol. The number of aromatic nitrogens is 2. The van der Waals surface area contributed by atoms with E-state index in [0.29, 0.717) is 6.10 Å². The molecule has 0 saturated carbocycles. The van der Waals surface area contributed by atoms with Crippen LogP contribution in [0.4, 0.5) is 0 Å². The maximum absolute atomic E-state index is 5.46. The van der Waals surface area contributed by atoms with Gasteiger partial charge in [-0.05, 0) is 40.9 Å². The zero-order chi connectivity index (χ0) is 13.1. The molecule has 1 atom stereocenters. The van der Waals surface area contributed by atoms with Crippen molar-refractivity contribution < 1.29 is 4.74 Å². The van der Waals surface area contributed by atoms with E-state index in [2.05, 4.69) is 44.5 Å². The minimum atomic E-state index is 0.371. The Labute approximate surface area is 116 Å². The Morgan fingerprint density at radius 2 is 2.17 bits per heavy atom. The van der Waals surface area contributed by atoms with Crippen LogP contribution in [0.1, 0.15) is 25.8 Å². The number of fused-ring (bicyclic) bond motifs is 1. The van der Waals surface area contributed by atoms with Crippen molar-refractivity contribution >= 4 is 27.0 Å². The van der Waals surface area contributed by atoms with E-state index in [1.807, 2.05) is 20.2 Å². The molecule has 4 heteroatoms. The van der Waals surface area contributed by atoms with E-state index in [4.69, 9.17) is 4.74 Å². The lowest BCUT2D eigenvalue weighted by atomic mass is 10.1. The van der Waals surface area contributed by atoms with Crippen LogP contribution in [0.25, 0.3) is 11.0 Å². The van der Waals surface area contributed by atoms with Crippen LogP contribution in [0, 0.1) is 6.92 Å². The van der Waals surface area contributed by atoms with Gasteiger partial charge in [0.05, 0.1) is 24.5 Å². The SMILES string of the molecule is CC.Cc1ccc(Br)c2ncn(C[C@H]3CCO3)c12. The first kappa shape index (κ1) is 13.6. The second kappa shape index (κ2) is 5.85. The molecule has 18 heavy (non-hydrogen) atoms. The molecule has 3 nitrogen and oxygen atoms in total. The van der Waals surface area contributed by atoms with E-state index >= 15 is 0 Å². The summed E-state index contributed by atoms with van der Waals surface area (Å²) in [7, 11) is 0. The van der Waals surface area contributed by atoms with Crippen molar-refractivity contribution in [2.24, 2.45) is 0 Å². The second-order valence-corrected chi connectivity index (χ2v) is 5.09. The smallest absolute Gasteiger partial charge is 0.103 e. The largest absolute Gasteiger partial charge is 0.376 e. The molecule has 2 aromatic rings. The first-order chi connectivity index (χ1) is 8.75. The Morgan fingerprint density at radius 1 is 1.44 bits per heavy atom. The summed E-state index contributed by atoms with van der Waals surface area (Å²) < 4.78 is 8.71. The summed E-state index contributed by atoms with van der Waals surface area (Å²) in [6.07, 6.45) is 3.44. The van der Waals surface area contributed by atoms with Crippen LogP contribution >= 0.6 is 15.9 Å². The molecule has 0 aliphatic carbocycles. The molecule has 0 radical (unpaired) electrons. The zero-order valence-corrected chi connectivity index (χ0v) is 12.7. The molecule has 0 spiro atoms. The summed E-state index contributed by atoms with van der Waals surface area (Å²) in [6.45, 7) is 7.93. The highest BCUT2D eigenvalue weighted by atomic mass is 79.9. The predicted octanol–water partition coefficient (Wildman–Crippen LogP) is 3.92. The first-order valence-corrected chi connectivity index (χ1v) is 7.26. The van der Waals surface area contributed by atoms with Gasteiger partial charge < -0.3 is 9.30 Å². The molecule has 1 saturated heterocycles. The molecule has 2 heterocycles. The van der Waals surface area contributed by atoms with E-state index < -0.39 is 0 Å². The summed E-state index contributed by atoms with van der Waals surface area (Å²) in [6, 6.07) is 4.17. The average Bonchev–Trinajstić information content (AvgIpc) is 2.76. The summed E-state index contributed by atoms with van der Waals surface area (Å²) in [5.41, 5.74) is 3.51. The lowest BCUT2D eigenvalue weighted by molar-refractivity contribution is -0.0586. The van der Waals surface area contributed by atoms with Gasteiger partial charge in [0.1, 0.15) is 5.52 Å². The predicted molar refractivity (Wildman–Crippen MR) is 77.9 cm³/mol. The molecule has 1 aromatic carbocycles. The van der Waals surface area contributed by atoms with Gasteiger partial charge >= 0.3 is 0 Å². The minimum Gasteiger partial charge on any atom is -0.376 e. The topological polar surface area (TPSA) is 27.1 Å². The lowest BCUT2D eigenvalue weighted by Gasteiger charge is -2.26. The second-order valence-electron chi connectivity index (χ2n) is 4.24. The third-order valence-corrected chi connectivity index (χ3v) is 3.75. The van der Waals surface area contributed by atoms with Crippen molar-refractivity contribution in [2.75, 3.05) is 6.61 Å².